The standard InChI is InChI=1S/C24H33N3O3S/c1-24(2,3)31(29,30)27-20-14-12-18(13-15-20)17-25-21-10-7-11-22(16-21)26-23(28)19-8-5-4-6-9-19/h7,10-16,19,25,27H,4-6,8-9,17H2,1-3H3,(H,26,28). The smallest absolute Gasteiger partial charge is 0.237 e. The number of hydrogen-bond acceptors (Lipinski definition) is 4. The average Bonchev–Trinajstić information content (AvgIpc) is 2.73. The highest BCUT2D eigenvalue weighted by Crippen LogP contribution is 2.26. The van der Waals surface area contributed by atoms with Gasteiger partial charge in [-0.2, -0.15) is 0 Å². The minimum atomic E-state index is -3.44. The summed E-state index contributed by atoms with van der Waals surface area (Å²) in [6.45, 7) is 5.59. The summed E-state index contributed by atoms with van der Waals surface area (Å²) in [6.07, 6.45) is 5.45. The maximum atomic E-state index is 12.5. The zero-order valence-corrected chi connectivity index (χ0v) is 19.4. The van der Waals surface area contributed by atoms with Crippen molar-refractivity contribution in [3.05, 3.63) is 54.1 Å². The Morgan fingerprint density at radius 2 is 1.58 bits per heavy atom. The van der Waals surface area contributed by atoms with E-state index in [4.69, 9.17) is 0 Å². The molecule has 0 aromatic heterocycles. The predicted octanol–water partition coefficient (Wildman–Crippen LogP) is 5.36. The molecule has 1 aliphatic carbocycles. The van der Waals surface area contributed by atoms with Crippen LogP contribution in [0.2, 0.25) is 0 Å². The van der Waals surface area contributed by atoms with E-state index in [1.165, 1.54) is 6.42 Å². The largest absolute Gasteiger partial charge is 0.381 e. The van der Waals surface area contributed by atoms with Crippen LogP contribution >= 0.6 is 0 Å². The van der Waals surface area contributed by atoms with Gasteiger partial charge in [-0.3, -0.25) is 9.52 Å². The Hall–Kier alpha value is -2.54. The van der Waals surface area contributed by atoms with Crippen LogP contribution in [0.1, 0.15) is 58.4 Å². The summed E-state index contributed by atoms with van der Waals surface area (Å²) in [5.74, 6) is 0.240. The first-order chi connectivity index (χ1) is 14.6. The van der Waals surface area contributed by atoms with Gasteiger partial charge in [-0.15, -0.1) is 0 Å². The second-order valence-corrected chi connectivity index (χ2v) is 11.6. The van der Waals surface area contributed by atoms with E-state index >= 15 is 0 Å². The van der Waals surface area contributed by atoms with E-state index < -0.39 is 14.8 Å². The number of benzene rings is 2. The number of amides is 1. The molecular weight excluding hydrogens is 410 g/mol. The number of carbonyl (C=O) groups is 1. The van der Waals surface area contributed by atoms with E-state index in [0.717, 1.165) is 42.6 Å². The molecular formula is C24H33N3O3S. The zero-order valence-electron chi connectivity index (χ0n) is 18.6. The normalized spacial score (nSPS) is 15.3. The quantitative estimate of drug-likeness (QED) is 0.538. The first kappa shape index (κ1) is 23.1. The molecule has 1 aliphatic rings. The molecule has 6 nitrogen and oxygen atoms in total. The fraction of sp³-hybridized carbons (Fsp3) is 0.458. The molecule has 2 aromatic carbocycles. The van der Waals surface area contributed by atoms with Gasteiger partial charge in [-0.25, -0.2) is 8.42 Å². The van der Waals surface area contributed by atoms with E-state index in [-0.39, 0.29) is 11.8 Å². The number of sulfonamides is 1. The number of rotatable bonds is 7. The molecule has 3 N–H and O–H groups in total. The van der Waals surface area contributed by atoms with Crippen LogP contribution in [0, 0.1) is 5.92 Å². The van der Waals surface area contributed by atoms with Crippen LogP contribution in [0.3, 0.4) is 0 Å². The fourth-order valence-electron chi connectivity index (χ4n) is 3.52. The molecule has 0 unspecified atom stereocenters. The van der Waals surface area contributed by atoms with Crippen LogP contribution in [0.5, 0.6) is 0 Å². The maximum absolute atomic E-state index is 12.5. The molecule has 3 rings (SSSR count). The lowest BCUT2D eigenvalue weighted by atomic mass is 9.88. The zero-order chi connectivity index (χ0) is 22.5. The van der Waals surface area contributed by atoms with Gasteiger partial charge < -0.3 is 10.6 Å². The fourth-order valence-corrected chi connectivity index (χ4v) is 4.27. The SMILES string of the molecule is CC(C)(C)S(=O)(=O)Nc1ccc(CNc2cccc(NC(=O)C3CCCCC3)c2)cc1. The van der Waals surface area contributed by atoms with E-state index in [0.29, 0.717) is 12.2 Å². The molecule has 31 heavy (non-hydrogen) atoms. The molecule has 168 valence electrons. The highest BCUT2D eigenvalue weighted by Gasteiger charge is 2.28. The second-order valence-electron chi connectivity index (χ2n) is 9.17. The van der Waals surface area contributed by atoms with Gasteiger partial charge >= 0.3 is 0 Å². The summed E-state index contributed by atoms with van der Waals surface area (Å²) >= 11 is 0. The first-order valence-corrected chi connectivity index (χ1v) is 12.4. The molecule has 0 spiro atoms. The minimum Gasteiger partial charge on any atom is -0.381 e. The minimum absolute atomic E-state index is 0.116. The second kappa shape index (κ2) is 9.73. The Kier molecular flexibility index (Phi) is 7.26. The van der Waals surface area contributed by atoms with Gasteiger partial charge in [0, 0.05) is 29.5 Å². The Morgan fingerprint density at radius 3 is 2.23 bits per heavy atom. The van der Waals surface area contributed by atoms with Crippen molar-refractivity contribution < 1.29 is 13.2 Å². The van der Waals surface area contributed by atoms with E-state index in [2.05, 4.69) is 15.4 Å². The van der Waals surface area contributed by atoms with Crippen molar-refractivity contribution in [3.8, 4) is 0 Å². The van der Waals surface area contributed by atoms with Crippen molar-refractivity contribution in [2.75, 3.05) is 15.4 Å². The van der Waals surface area contributed by atoms with E-state index in [1.54, 1.807) is 32.9 Å². The molecule has 0 heterocycles. The third-order valence-electron chi connectivity index (χ3n) is 5.62. The molecule has 1 saturated carbocycles. The van der Waals surface area contributed by atoms with Crippen LogP contribution in [-0.2, 0) is 21.4 Å². The summed E-state index contributed by atoms with van der Waals surface area (Å²) in [5, 5.41) is 6.40. The summed E-state index contributed by atoms with van der Waals surface area (Å²) < 4.78 is 26.3. The van der Waals surface area contributed by atoms with Gasteiger partial charge in [0.25, 0.3) is 0 Å². The summed E-state index contributed by atoms with van der Waals surface area (Å²) in [6, 6.07) is 15.0. The summed E-state index contributed by atoms with van der Waals surface area (Å²) in [7, 11) is -3.44. The molecule has 1 amide bonds. The first-order valence-electron chi connectivity index (χ1n) is 10.9. The molecule has 0 bridgehead atoms. The van der Waals surface area contributed by atoms with Crippen molar-refractivity contribution >= 4 is 33.0 Å². The van der Waals surface area contributed by atoms with Gasteiger partial charge in [-0.1, -0.05) is 37.5 Å². The van der Waals surface area contributed by atoms with Gasteiger partial charge in [0.05, 0.1) is 4.75 Å². The van der Waals surface area contributed by atoms with Crippen LogP contribution in [0.4, 0.5) is 17.1 Å². The number of nitrogens with one attached hydrogen (secondary N) is 3. The van der Waals surface area contributed by atoms with E-state index in [9.17, 15) is 13.2 Å². The highest BCUT2D eigenvalue weighted by atomic mass is 32.2. The molecule has 1 fully saturated rings. The van der Waals surface area contributed by atoms with Crippen molar-refractivity contribution in [2.24, 2.45) is 5.92 Å². The molecule has 0 aliphatic heterocycles. The molecule has 0 radical (unpaired) electrons. The van der Waals surface area contributed by atoms with Crippen molar-refractivity contribution in [1.29, 1.82) is 0 Å². The molecule has 0 saturated heterocycles. The van der Waals surface area contributed by atoms with Crippen LogP contribution in [-0.4, -0.2) is 19.1 Å². The van der Waals surface area contributed by atoms with Crippen LogP contribution in [0.15, 0.2) is 48.5 Å². The lowest BCUT2D eigenvalue weighted by Crippen LogP contribution is -2.33. The Bertz CT molecular complexity index is 989. The summed E-state index contributed by atoms with van der Waals surface area (Å²) in [5.41, 5.74) is 3.29. The van der Waals surface area contributed by atoms with Crippen LogP contribution < -0.4 is 15.4 Å². The predicted molar refractivity (Wildman–Crippen MR) is 128 cm³/mol. The summed E-state index contributed by atoms with van der Waals surface area (Å²) in [4.78, 5) is 12.5. The van der Waals surface area contributed by atoms with Gasteiger partial charge in [0.15, 0.2) is 0 Å². The van der Waals surface area contributed by atoms with E-state index in [1.807, 2.05) is 36.4 Å². The average molecular weight is 444 g/mol. The number of carbonyl (C=O) groups excluding carboxylic acids is 1. The Balaban J connectivity index is 1.55. The lowest BCUT2D eigenvalue weighted by Gasteiger charge is -2.21. The van der Waals surface area contributed by atoms with Gasteiger partial charge in [0.2, 0.25) is 15.9 Å². The highest BCUT2D eigenvalue weighted by molar-refractivity contribution is 7.94. The number of hydrogen-bond donors (Lipinski definition) is 3. The van der Waals surface area contributed by atoms with Gasteiger partial charge in [0.1, 0.15) is 0 Å². The lowest BCUT2D eigenvalue weighted by molar-refractivity contribution is -0.120. The monoisotopic (exact) mass is 443 g/mol. The van der Waals surface area contributed by atoms with Gasteiger partial charge in [-0.05, 0) is 69.5 Å². The number of anilines is 3. The third-order valence-corrected chi connectivity index (χ3v) is 7.73. The molecule has 7 heteroatoms. The Morgan fingerprint density at radius 1 is 0.935 bits per heavy atom. The van der Waals surface area contributed by atoms with Crippen LogP contribution in [0.25, 0.3) is 0 Å². The molecule has 2 aromatic rings. The maximum Gasteiger partial charge on any atom is 0.237 e. The topological polar surface area (TPSA) is 87.3 Å². The van der Waals surface area contributed by atoms with Crippen molar-refractivity contribution in [1.82, 2.24) is 0 Å². The van der Waals surface area contributed by atoms with Crippen molar-refractivity contribution in [3.63, 3.8) is 0 Å². The Labute approximate surface area is 185 Å². The molecule has 0 atom stereocenters. The third kappa shape index (κ3) is 6.47. The van der Waals surface area contributed by atoms with Crippen molar-refractivity contribution in [2.45, 2.75) is 64.2 Å².